The van der Waals surface area contributed by atoms with Crippen molar-refractivity contribution in [2.75, 3.05) is 19.7 Å². The van der Waals surface area contributed by atoms with Crippen LogP contribution in [-0.2, 0) is 0 Å². The predicted octanol–water partition coefficient (Wildman–Crippen LogP) is 3.85. The molecule has 0 bridgehead atoms. The molecule has 0 aliphatic carbocycles. The number of halogens is 4. The summed E-state index contributed by atoms with van der Waals surface area (Å²) in [5.74, 6) is -1.36. The molecule has 1 aromatic heterocycles. The van der Waals surface area contributed by atoms with Gasteiger partial charge in [0, 0.05) is 18.5 Å². The molecule has 26 heavy (non-hydrogen) atoms. The second kappa shape index (κ2) is 7.55. The fourth-order valence-corrected chi connectivity index (χ4v) is 3.08. The quantitative estimate of drug-likeness (QED) is 0.743. The van der Waals surface area contributed by atoms with Gasteiger partial charge >= 0.3 is 0 Å². The Morgan fingerprint density at radius 1 is 1.15 bits per heavy atom. The van der Waals surface area contributed by atoms with Crippen LogP contribution in [0.15, 0.2) is 36.4 Å². The van der Waals surface area contributed by atoms with Crippen LogP contribution in [0.25, 0.3) is 16.6 Å². The van der Waals surface area contributed by atoms with Gasteiger partial charge in [-0.1, -0.05) is 6.07 Å². The summed E-state index contributed by atoms with van der Waals surface area (Å²) in [7, 11) is 0. The molecule has 0 amide bonds. The van der Waals surface area contributed by atoms with E-state index < -0.39 is 17.5 Å². The molecular formula is C18H17ClF3N3O. The molecule has 0 spiro atoms. The molecule has 0 unspecified atom stereocenters. The average Bonchev–Trinajstić information content (AvgIpc) is 3.23. The van der Waals surface area contributed by atoms with Crippen molar-refractivity contribution in [2.45, 2.75) is 6.42 Å². The van der Waals surface area contributed by atoms with Crippen molar-refractivity contribution >= 4 is 23.3 Å². The highest BCUT2D eigenvalue weighted by atomic mass is 35.5. The Kier molecular flexibility index (Phi) is 5.38. The van der Waals surface area contributed by atoms with Crippen LogP contribution in [0.2, 0.25) is 0 Å². The Bertz CT molecular complexity index is 925. The third kappa shape index (κ3) is 3.37. The molecule has 4 nitrogen and oxygen atoms in total. The van der Waals surface area contributed by atoms with E-state index in [9.17, 15) is 13.2 Å². The highest BCUT2D eigenvalue weighted by Gasteiger charge is 2.21. The molecule has 2 aromatic carbocycles. The van der Waals surface area contributed by atoms with E-state index in [1.165, 1.54) is 16.8 Å². The number of nitrogens with zero attached hydrogens (tertiary/aromatic N) is 2. The van der Waals surface area contributed by atoms with Gasteiger partial charge < -0.3 is 10.1 Å². The molecule has 138 valence electrons. The number of fused-ring (bicyclic) bond motifs is 1. The zero-order chi connectivity index (χ0) is 17.4. The van der Waals surface area contributed by atoms with Gasteiger partial charge in [0.25, 0.3) is 0 Å². The molecule has 2 heterocycles. The Labute approximate surface area is 154 Å². The van der Waals surface area contributed by atoms with Crippen LogP contribution in [-0.4, -0.2) is 29.5 Å². The maximum Gasteiger partial charge on any atom is 0.244 e. The molecule has 1 atom stereocenters. The topological polar surface area (TPSA) is 39.1 Å². The number of aromatic nitrogens is 2. The van der Waals surface area contributed by atoms with E-state index in [-0.39, 0.29) is 29.4 Å². The van der Waals surface area contributed by atoms with Crippen LogP contribution in [0.4, 0.5) is 13.2 Å². The SMILES string of the molecule is Cl.Fc1ccc(F)c(-n2nc(OC[C@@H]3CCNC3)c3c(F)cccc32)c1. The fourth-order valence-electron chi connectivity index (χ4n) is 3.08. The van der Waals surface area contributed by atoms with Crippen LogP contribution >= 0.6 is 12.4 Å². The van der Waals surface area contributed by atoms with Gasteiger partial charge in [-0.15, -0.1) is 17.5 Å². The van der Waals surface area contributed by atoms with E-state index in [2.05, 4.69) is 10.4 Å². The Morgan fingerprint density at radius 2 is 2.00 bits per heavy atom. The first-order valence-corrected chi connectivity index (χ1v) is 8.09. The molecule has 1 aliphatic rings. The first kappa shape index (κ1) is 18.5. The zero-order valence-corrected chi connectivity index (χ0v) is 14.5. The Balaban J connectivity index is 0.00000196. The maximum atomic E-state index is 14.3. The molecular weight excluding hydrogens is 367 g/mol. The summed E-state index contributed by atoms with van der Waals surface area (Å²) in [6, 6.07) is 7.45. The summed E-state index contributed by atoms with van der Waals surface area (Å²) in [5.41, 5.74) is 0.233. The van der Waals surface area contributed by atoms with Crippen molar-refractivity contribution in [3.8, 4) is 11.6 Å². The molecule has 1 aliphatic heterocycles. The minimum atomic E-state index is -0.651. The molecule has 4 rings (SSSR count). The highest BCUT2D eigenvalue weighted by Crippen LogP contribution is 2.31. The maximum absolute atomic E-state index is 14.3. The van der Waals surface area contributed by atoms with Crippen LogP contribution in [0.5, 0.6) is 5.88 Å². The summed E-state index contributed by atoms with van der Waals surface area (Å²) in [6.45, 7) is 2.14. The monoisotopic (exact) mass is 383 g/mol. The van der Waals surface area contributed by atoms with Gasteiger partial charge in [0.2, 0.25) is 5.88 Å². The van der Waals surface area contributed by atoms with Crippen molar-refractivity contribution in [3.05, 3.63) is 53.8 Å². The third-order valence-electron chi connectivity index (χ3n) is 4.38. The van der Waals surface area contributed by atoms with Gasteiger partial charge in [0.05, 0.1) is 17.5 Å². The summed E-state index contributed by atoms with van der Waals surface area (Å²) in [6.07, 6.45) is 0.972. The van der Waals surface area contributed by atoms with E-state index in [0.717, 1.165) is 37.7 Å². The molecule has 1 N–H and O–H groups in total. The van der Waals surface area contributed by atoms with E-state index in [1.54, 1.807) is 6.07 Å². The van der Waals surface area contributed by atoms with Crippen LogP contribution < -0.4 is 10.1 Å². The van der Waals surface area contributed by atoms with E-state index in [4.69, 9.17) is 4.74 Å². The second-order valence-electron chi connectivity index (χ2n) is 6.12. The van der Waals surface area contributed by atoms with Crippen molar-refractivity contribution in [1.29, 1.82) is 0 Å². The van der Waals surface area contributed by atoms with Crippen molar-refractivity contribution in [3.63, 3.8) is 0 Å². The van der Waals surface area contributed by atoms with Crippen molar-refractivity contribution in [2.24, 2.45) is 5.92 Å². The van der Waals surface area contributed by atoms with Gasteiger partial charge in [-0.25, -0.2) is 17.9 Å². The fraction of sp³-hybridized carbons (Fsp3) is 0.278. The lowest BCUT2D eigenvalue weighted by molar-refractivity contribution is 0.251. The van der Waals surface area contributed by atoms with E-state index in [0.29, 0.717) is 18.0 Å². The van der Waals surface area contributed by atoms with Crippen LogP contribution in [0.3, 0.4) is 0 Å². The average molecular weight is 384 g/mol. The Morgan fingerprint density at radius 3 is 2.77 bits per heavy atom. The van der Waals surface area contributed by atoms with Crippen molar-refractivity contribution < 1.29 is 17.9 Å². The number of hydrogen-bond acceptors (Lipinski definition) is 3. The standard InChI is InChI=1S/C18H16F3N3O.ClH/c19-12-4-5-13(20)16(8-12)24-15-3-1-2-14(21)17(15)18(23-24)25-10-11-6-7-22-9-11;/h1-5,8,11,22H,6-7,9-10H2;1H/t11-;/m1./s1. The summed E-state index contributed by atoms with van der Waals surface area (Å²) in [5, 5.41) is 7.61. The molecule has 3 aromatic rings. The van der Waals surface area contributed by atoms with Gasteiger partial charge in [-0.3, -0.25) is 0 Å². The first-order chi connectivity index (χ1) is 12.1. The van der Waals surface area contributed by atoms with E-state index in [1.807, 2.05) is 0 Å². The van der Waals surface area contributed by atoms with Gasteiger partial charge in [0.15, 0.2) is 0 Å². The minimum Gasteiger partial charge on any atom is -0.476 e. The predicted molar refractivity (Wildman–Crippen MR) is 94.7 cm³/mol. The lowest BCUT2D eigenvalue weighted by Gasteiger charge is -2.08. The normalized spacial score (nSPS) is 16.7. The third-order valence-corrected chi connectivity index (χ3v) is 4.38. The lowest BCUT2D eigenvalue weighted by atomic mass is 10.1. The van der Waals surface area contributed by atoms with Gasteiger partial charge in [-0.2, -0.15) is 0 Å². The highest BCUT2D eigenvalue weighted by molar-refractivity contribution is 5.86. The molecule has 1 saturated heterocycles. The van der Waals surface area contributed by atoms with Gasteiger partial charge in [-0.05, 0) is 37.2 Å². The first-order valence-electron chi connectivity index (χ1n) is 8.09. The van der Waals surface area contributed by atoms with Crippen molar-refractivity contribution in [1.82, 2.24) is 15.1 Å². The Hall–Kier alpha value is -2.25. The smallest absolute Gasteiger partial charge is 0.244 e. The summed E-state index contributed by atoms with van der Waals surface area (Å²) < 4.78 is 49.0. The molecule has 1 fully saturated rings. The number of ether oxygens (including phenoxy) is 1. The molecule has 0 saturated carbocycles. The number of nitrogens with one attached hydrogen (secondary N) is 1. The van der Waals surface area contributed by atoms with E-state index >= 15 is 0 Å². The molecule has 0 radical (unpaired) electrons. The van der Waals surface area contributed by atoms with Gasteiger partial charge in [0.1, 0.15) is 23.1 Å². The summed E-state index contributed by atoms with van der Waals surface area (Å²) >= 11 is 0. The lowest BCUT2D eigenvalue weighted by Crippen LogP contribution is -2.15. The minimum absolute atomic E-state index is 0. The second-order valence-corrected chi connectivity index (χ2v) is 6.12. The number of rotatable bonds is 4. The largest absolute Gasteiger partial charge is 0.476 e. The number of hydrogen-bond donors (Lipinski definition) is 1. The zero-order valence-electron chi connectivity index (χ0n) is 13.7. The number of benzene rings is 2. The van der Waals surface area contributed by atoms with Crippen LogP contribution in [0.1, 0.15) is 6.42 Å². The summed E-state index contributed by atoms with van der Waals surface area (Å²) in [4.78, 5) is 0. The molecule has 8 heteroatoms. The van der Waals surface area contributed by atoms with Crippen LogP contribution in [0, 0.1) is 23.4 Å².